The average Bonchev–Trinajstić information content (AvgIpc) is 2.71. The Bertz CT molecular complexity index is 579. The molecule has 0 spiro atoms. The van der Waals surface area contributed by atoms with Crippen LogP contribution in [0.4, 0.5) is 0 Å². The van der Waals surface area contributed by atoms with E-state index < -0.39 is 59.3 Å². The van der Waals surface area contributed by atoms with E-state index in [1.807, 2.05) is 0 Å². The third-order valence-corrected chi connectivity index (χ3v) is 6.23. The second-order valence-electron chi connectivity index (χ2n) is 8.48. The number of aliphatic hydroxyl groups is 4. The SMILES string of the molecule is CCCCCCCCCCCCO[C@@H]1O[C@H](COCC(O)CS(=O)(=O)[O-])[C@@H](O)[C@H](O)[C@H]1O.[Na+]. The fourth-order valence-electron chi connectivity index (χ4n) is 3.58. The van der Waals surface area contributed by atoms with E-state index in [1.54, 1.807) is 0 Å². The molecule has 33 heavy (non-hydrogen) atoms. The molecule has 10 nitrogen and oxygen atoms in total. The van der Waals surface area contributed by atoms with Crippen molar-refractivity contribution in [3.63, 3.8) is 0 Å². The molecule has 0 aromatic heterocycles. The molecule has 0 aliphatic carbocycles. The Morgan fingerprint density at radius 1 is 0.909 bits per heavy atom. The molecule has 0 bridgehead atoms. The number of aliphatic hydroxyl groups excluding tert-OH is 4. The maximum Gasteiger partial charge on any atom is 1.00 e. The van der Waals surface area contributed by atoms with Gasteiger partial charge in [-0.15, -0.1) is 0 Å². The summed E-state index contributed by atoms with van der Waals surface area (Å²) < 4.78 is 48.0. The van der Waals surface area contributed by atoms with Crippen molar-refractivity contribution < 1.29 is 77.2 Å². The maximum absolute atomic E-state index is 10.6. The molecule has 0 aromatic carbocycles. The first-order chi connectivity index (χ1) is 15.2. The zero-order valence-corrected chi connectivity index (χ0v) is 22.8. The van der Waals surface area contributed by atoms with Gasteiger partial charge >= 0.3 is 29.6 Å². The first kappa shape index (κ1) is 33.6. The van der Waals surface area contributed by atoms with Crippen molar-refractivity contribution in [3.8, 4) is 0 Å². The van der Waals surface area contributed by atoms with Gasteiger partial charge < -0.3 is 39.2 Å². The molecule has 1 aliphatic heterocycles. The van der Waals surface area contributed by atoms with Gasteiger partial charge in [0.15, 0.2) is 6.29 Å². The van der Waals surface area contributed by atoms with Crippen molar-refractivity contribution in [2.75, 3.05) is 25.6 Å². The van der Waals surface area contributed by atoms with Gasteiger partial charge in [-0.3, -0.25) is 0 Å². The predicted octanol–water partition coefficient (Wildman–Crippen LogP) is -2.34. The van der Waals surface area contributed by atoms with E-state index in [1.165, 1.54) is 44.9 Å². The molecule has 0 saturated carbocycles. The third kappa shape index (κ3) is 15.4. The zero-order valence-electron chi connectivity index (χ0n) is 20.0. The summed E-state index contributed by atoms with van der Waals surface area (Å²) in [7, 11) is -4.59. The summed E-state index contributed by atoms with van der Waals surface area (Å²) in [4.78, 5) is 0. The molecule has 1 fully saturated rings. The Hall–Kier alpha value is 0.630. The molecular formula is C21H41NaO10S. The molecule has 192 valence electrons. The number of hydrogen-bond donors (Lipinski definition) is 4. The van der Waals surface area contributed by atoms with Gasteiger partial charge in [0.25, 0.3) is 0 Å². The van der Waals surface area contributed by atoms with E-state index in [4.69, 9.17) is 14.2 Å². The van der Waals surface area contributed by atoms with E-state index in [0.29, 0.717) is 6.61 Å². The summed E-state index contributed by atoms with van der Waals surface area (Å²) in [5, 5.41) is 39.7. The minimum absolute atomic E-state index is 0. The van der Waals surface area contributed by atoms with Crippen LogP contribution in [-0.4, -0.2) is 95.8 Å². The van der Waals surface area contributed by atoms with Crippen LogP contribution in [0.2, 0.25) is 0 Å². The normalized spacial score (nSPS) is 26.7. The van der Waals surface area contributed by atoms with Crippen molar-refractivity contribution in [3.05, 3.63) is 0 Å². The van der Waals surface area contributed by atoms with Crippen molar-refractivity contribution in [1.82, 2.24) is 0 Å². The minimum atomic E-state index is -4.59. The zero-order chi connectivity index (χ0) is 24.0. The summed E-state index contributed by atoms with van der Waals surface area (Å²) >= 11 is 0. The Morgan fingerprint density at radius 2 is 1.45 bits per heavy atom. The topological polar surface area (TPSA) is 166 Å². The largest absolute Gasteiger partial charge is 1.00 e. The molecule has 1 unspecified atom stereocenters. The number of rotatable bonds is 18. The molecule has 1 rings (SSSR count). The van der Waals surface area contributed by atoms with Crippen LogP contribution in [0.3, 0.4) is 0 Å². The smallest absolute Gasteiger partial charge is 0.748 e. The molecule has 1 heterocycles. The van der Waals surface area contributed by atoms with E-state index in [9.17, 15) is 33.4 Å². The predicted molar refractivity (Wildman–Crippen MR) is 116 cm³/mol. The van der Waals surface area contributed by atoms with Gasteiger partial charge in [-0.25, -0.2) is 8.42 Å². The maximum atomic E-state index is 10.6. The van der Waals surface area contributed by atoms with Crippen molar-refractivity contribution in [2.45, 2.75) is 108 Å². The molecule has 1 saturated heterocycles. The molecule has 1 aliphatic rings. The Balaban J connectivity index is 0.0000102. The monoisotopic (exact) mass is 508 g/mol. The van der Waals surface area contributed by atoms with Crippen LogP contribution in [-0.2, 0) is 24.3 Å². The molecule has 0 radical (unpaired) electrons. The van der Waals surface area contributed by atoms with Crippen LogP contribution in [0.1, 0.15) is 71.1 Å². The van der Waals surface area contributed by atoms with Crippen LogP contribution in [0.25, 0.3) is 0 Å². The molecule has 6 atom stereocenters. The summed E-state index contributed by atoms with van der Waals surface area (Å²) in [6.45, 7) is 1.78. The Morgan fingerprint density at radius 3 is 2.00 bits per heavy atom. The fourth-order valence-corrected chi connectivity index (χ4v) is 4.15. The fraction of sp³-hybridized carbons (Fsp3) is 1.00. The first-order valence-electron chi connectivity index (χ1n) is 11.7. The number of ether oxygens (including phenoxy) is 3. The van der Waals surface area contributed by atoms with Crippen molar-refractivity contribution in [1.29, 1.82) is 0 Å². The standard InChI is InChI=1S/C21H42O10S.Na/c1-2-3-4-5-6-7-8-9-10-11-12-30-21-20(25)19(24)18(23)17(31-21)14-29-13-16(22)15-32(26,27)28;/h16-25H,2-15H2,1H3,(H,26,27,28);/q;+1/p-1/t16?,17-,18-,19+,20-,21-;/m1./s1. The number of unbranched alkanes of at least 4 members (excludes halogenated alkanes) is 9. The van der Waals surface area contributed by atoms with Crippen molar-refractivity contribution in [2.24, 2.45) is 0 Å². The van der Waals surface area contributed by atoms with E-state index >= 15 is 0 Å². The summed E-state index contributed by atoms with van der Waals surface area (Å²) in [6.07, 6.45) is 3.59. The average molecular weight is 509 g/mol. The van der Waals surface area contributed by atoms with Gasteiger partial charge in [0, 0.05) is 6.61 Å². The van der Waals surface area contributed by atoms with E-state index in [0.717, 1.165) is 19.3 Å². The molecule has 4 N–H and O–H groups in total. The van der Waals surface area contributed by atoms with Gasteiger partial charge in [-0.1, -0.05) is 64.7 Å². The first-order valence-corrected chi connectivity index (χ1v) is 13.2. The van der Waals surface area contributed by atoms with Crippen molar-refractivity contribution >= 4 is 10.1 Å². The van der Waals surface area contributed by atoms with Crippen LogP contribution >= 0.6 is 0 Å². The number of hydrogen-bond acceptors (Lipinski definition) is 10. The van der Waals surface area contributed by atoms with Gasteiger partial charge in [0.1, 0.15) is 24.4 Å². The van der Waals surface area contributed by atoms with E-state index in [-0.39, 0.29) is 36.2 Å². The Labute approximate surface area is 220 Å². The quantitative estimate of drug-likeness (QED) is 0.0895. The third-order valence-electron chi connectivity index (χ3n) is 5.44. The van der Waals surface area contributed by atoms with Crippen LogP contribution in [0.15, 0.2) is 0 Å². The molecule has 12 heteroatoms. The Kier molecular flexibility index (Phi) is 19.2. The van der Waals surface area contributed by atoms with Crippen LogP contribution in [0.5, 0.6) is 0 Å². The second-order valence-corrected chi connectivity index (χ2v) is 9.93. The van der Waals surface area contributed by atoms with E-state index in [2.05, 4.69) is 6.92 Å². The van der Waals surface area contributed by atoms with Gasteiger partial charge in [0.2, 0.25) is 0 Å². The summed E-state index contributed by atoms with van der Waals surface area (Å²) in [5.74, 6) is -0.993. The molecule has 0 amide bonds. The second kappa shape index (κ2) is 18.8. The van der Waals surface area contributed by atoms with Crippen LogP contribution < -0.4 is 29.6 Å². The molecular weight excluding hydrogens is 467 g/mol. The summed E-state index contributed by atoms with van der Waals surface area (Å²) in [5.41, 5.74) is 0. The minimum Gasteiger partial charge on any atom is -0.748 e. The molecule has 0 aromatic rings. The van der Waals surface area contributed by atoms with Crippen LogP contribution in [0, 0.1) is 0 Å². The van der Waals surface area contributed by atoms with Gasteiger partial charge in [0.05, 0.1) is 35.2 Å². The van der Waals surface area contributed by atoms with Gasteiger partial charge in [-0.05, 0) is 6.42 Å². The summed E-state index contributed by atoms with van der Waals surface area (Å²) in [6, 6.07) is 0. The van der Waals surface area contributed by atoms with Gasteiger partial charge in [-0.2, -0.15) is 0 Å².